The van der Waals surface area contributed by atoms with Gasteiger partial charge in [0.2, 0.25) is 0 Å². The van der Waals surface area contributed by atoms with Crippen molar-refractivity contribution < 1.29 is 9.84 Å². The van der Waals surface area contributed by atoms with Crippen molar-refractivity contribution in [2.75, 3.05) is 13.1 Å². The zero-order valence-electron chi connectivity index (χ0n) is 15.1. The van der Waals surface area contributed by atoms with E-state index < -0.39 is 17.4 Å². The zero-order chi connectivity index (χ0) is 18.7. The van der Waals surface area contributed by atoms with E-state index in [9.17, 15) is 14.7 Å². The highest BCUT2D eigenvalue weighted by Crippen LogP contribution is 2.24. The molecule has 3 rings (SSSR count). The first-order valence-electron chi connectivity index (χ1n) is 8.90. The highest BCUT2D eigenvalue weighted by atomic mass is 16.5. The number of aliphatic hydroxyl groups excluding tert-OH is 1. The number of rotatable bonds is 5. The number of aromatic amines is 2. The molecule has 1 aromatic heterocycles. The molecule has 2 atom stereocenters. The topological polar surface area (TPSA) is 98.4 Å². The minimum atomic E-state index is -0.639. The maximum atomic E-state index is 11.4. The lowest BCUT2D eigenvalue weighted by molar-refractivity contribution is -0.0278. The number of aliphatic hydroxyl groups is 1. The van der Waals surface area contributed by atoms with Gasteiger partial charge in [0.25, 0.3) is 5.56 Å². The minimum Gasteiger partial charge on any atom is -0.488 e. The van der Waals surface area contributed by atoms with Crippen LogP contribution >= 0.6 is 0 Å². The second kappa shape index (κ2) is 7.88. The van der Waals surface area contributed by atoms with Crippen molar-refractivity contribution in [3.8, 4) is 5.75 Å². The molecule has 0 saturated carbocycles. The van der Waals surface area contributed by atoms with Crippen LogP contribution in [0.25, 0.3) is 0 Å². The van der Waals surface area contributed by atoms with Gasteiger partial charge in [-0.3, -0.25) is 14.7 Å². The van der Waals surface area contributed by atoms with Crippen molar-refractivity contribution in [2.24, 2.45) is 0 Å². The summed E-state index contributed by atoms with van der Waals surface area (Å²) in [5, 5.41) is 10.5. The van der Waals surface area contributed by atoms with Crippen LogP contribution < -0.4 is 16.0 Å². The van der Waals surface area contributed by atoms with Gasteiger partial charge in [0, 0.05) is 31.4 Å². The second-order valence-corrected chi connectivity index (χ2v) is 7.09. The minimum absolute atomic E-state index is 0.271. The summed E-state index contributed by atoms with van der Waals surface area (Å²) < 4.78 is 6.01. The van der Waals surface area contributed by atoms with E-state index in [2.05, 4.69) is 29.9 Å². The SMILES string of the molecule is CC(C)c1cccc(O[C@@H]2CCN(Cc3cc(=O)[nH]c(=O)[nH]3)C[C@H]2O)c1. The van der Waals surface area contributed by atoms with Gasteiger partial charge >= 0.3 is 5.69 Å². The average Bonchev–Trinajstić information content (AvgIpc) is 2.56. The molecule has 26 heavy (non-hydrogen) atoms. The van der Waals surface area contributed by atoms with E-state index in [1.807, 2.05) is 23.1 Å². The fraction of sp³-hybridized carbons (Fsp3) is 0.474. The number of piperidine rings is 1. The molecular formula is C19H25N3O4. The Morgan fingerprint density at radius 3 is 2.77 bits per heavy atom. The van der Waals surface area contributed by atoms with E-state index in [0.717, 1.165) is 5.75 Å². The Hall–Kier alpha value is -2.38. The maximum absolute atomic E-state index is 11.4. The Morgan fingerprint density at radius 2 is 2.08 bits per heavy atom. The maximum Gasteiger partial charge on any atom is 0.325 e. The molecule has 0 radical (unpaired) electrons. The van der Waals surface area contributed by atoms with Crippen molar-refractivity contribution >= 4 is 0 Å². The Labute approximate surface area is 151 Å². The number of benzene rings is 1. The lowest BCUT2D eigenvalue weighted by atomic mass is 10.0. The van der Waals surface area contributed by atoms with E-state index in [-0.39, 0.29) is 6.10 Å². The molecule has 7 nitrogen and oxygen atoms in total. The molecule has 140 valence electrons. The smallest absolute Gasteiger partial charge is 0.325 e. The third-order valence-electron chi connectivity index (χ3n) is 4.63. The van der Waals surface area contributed by atoms with Crippen LogP contribution in [0.3, 0.4) is 0 Å². The van der Waals surface area contributed by atoms with Gasteiger partial charge in [-0.2, -0.15) is 0 Å². The fourth-order valence-electron chi connectivity index (χ4n) is 3.22. The normalized spacial score (nSPS) is 21.1. The second-order valence-electron chi connectivity index (χ2n) is 7.09. The van der Waals surface area contributed by atoms with E-state index in [1.54, 1.807) is 0 Å². The molecule has 1 aliphatic rings. The van der Waals surface area contributed by atoms with Crippen molar-refractivity contribution in [1.82, 2.24) is 14.9 Å². The van der Waals surface area contributed by atoms with Crippen LogP contribution in [-0.4, -0.2) is 45.3 Å². The van der Waals surface area contributed by atoms with Crippen LogP contribution in [0, 0.1) is 0 Å². The summed E-state index contributed by atoms with van der Waals surface area (Å²) in [6.07, 6.45) is -0.243. The van der Waals surface area contributed by atoms with Crippen LogP contribution in [0.5, 0.6) is 5.75 Å². The van der Waals surface area contributed by atoms with Gasteiger partial charge in [-0.05, 0) is 30.0 Å². The monoisotopic (exact) mass is 359 g/mol. The Balaban J connectivity index is 1.60. The predicted octanol–water partition coefficient (Wildman–Crippen LogP) is 1.20. The number of hydrogen-bond acceptors (Lipinski definition) is 5. The summed E-state index contributed by atoms with van der Waals surface area (Å²) in [6.45, 7) is 5.80. The number of nitrogens with zero attached hydrogens (tertiary/aromatic N) is 1. The number of hydrogen-bond donors (Lipinski definition) is 3. The van der Waals surface area contributed by atoms with Crippen LogP contribution in [0.1, 0.15) is 37.4 Å². The standard InChI is InChI=1S/C19H25N3O4/c1-12(2)13-4-3-5-15(8-13)26-17-6-7-22(11-16(17)23)10-14-9-18(24)21-19(25)20-14/h3-5,8-9,12,16-17,23H,6-7,10-11H2,1-2H3,(H2,20,21,24,25)/t16-,17-/m1/s1. The van der Waals surface area contributed by atoms with Crippen molar-refractivity contribution in [2.45, 2.75) is 44.9 Å². The number of H-pyrrole nitrogens is 2. The number of likely N-dealkylation sites (tertiary alicyclic amines) is 1. The lowest BCUT2D eigenvalue weighted by Crippen LogP contribution is -2.48. The van der Waals surface area contributed by atoms with E-state index in [4.69, 9.17) is 4.74 Å². The number of aromatic nitrogens is 2. The third-order valence-corrected chi connectivity index (χ3v) is 4.63. The first-order chi connectivity index (χ1) is 12.4. The van der Waals surface area contributed by atoms with Gasteiger partial charge in [-0.1, -0.05) is 26.0 Å². The van der Waals surface area contributed by atoms with E-state index in [0.29, 0.717) is 37.7 Å². The molecule has 2 aromatic rings. The first kappa shape index (κ1) is 18.4. The van der Waals surface area contributed by atoms with Gasteiger partial charge in [0.05, 0.1) is 0 Å². The molecular weight excluding hydrogens is 334 g/mol. The summed E-state index contributed by atoms with van der Waals surface area (Å²) >= 11 is 0. The van der Waals surface area contributed by atoms with Gasteiger partial charge in [0.1, 0.15) is 18.0 Å². The van der Waals surface area contributed by atoms with Crippen molar-refractivity contribution in [3.63, 3.8) is 0 Å². The van der Waals surface area contributed by atoms with Crippen LogP contribution in [-0.2, 0) is 6.54 Å². The van der Waals surface area contributed by atoms with Crippen molar-refractivity contribution in [3.05, 3.63) is 62.4 Å². The number of β-amino-alcohol motifs (C(OH)–C–C–N with tert-alkyl or cyclic N) is 1. The highest BCUT2D eigenvalue weighted by Gasteiger charge is 2.29. The van der Waals surface area contributed by atoms with E-state index >= 15 is 0 Å². The molecule has 0 bridgehead atoms. The fourth-order valence-corrected chi connectivity index (χ4v) is 3.22. The molecule has 0 spiro atoms. The largest absolute Gasteiger partial charge is 0.488 e. The lowest BCUT2D eigenvalue weighted by Gasteiger charge is -2.35. The molecule has 1 aromatic carbocycles. The summed E-state index contributed by atoms with van der Waals surface area (Å²) in [4.78, 5) is 29.5. The zero-order valence-corrected chi connectivity index (χ0v) is 15.1. The van der Waals surface area contributed by atoms with Gasteiger partial charge in [-0.15, -0.1) is 0 Å². The van der Waals surface area contributed by atoms with Crippen LogP contribution in [0.2, 0.25) is 0 Å². The molecule has 1 fully saturated rings. The van der Waals surface area contributed by atoms with E-state index in [1.165, 1.54) is 11.6 Å². The van der Waals surface area contributed by atoms with Gasteiger partial charge < -0.3 is 14.8 Å². The average molecular weight is 359 g/mol. The highest BCUT2D eigenvalue weighted by molar-refractivity contribution is 5.30. The molecule has 7 heteroatoms. The predicted molar refractivity (Wildman–Crippen MR) is 98.5 cm³/mol. The third kappa shape index (κ3) is 4.62. The summed E-state index contributed by atoms with van der Waals surface area (Å²) in [7, 11) is 0. The van der Waals surface area contributed by atoms with Crippen LogP contribution in [0.15, 0.2) is 39.9 Å². The molecule has 0 aliphatic carbocycles. The summed E-state index contributed by atoms with van der Waals surface area (Å²) in [6, 6.07) is 9.33. The first-order valence-corrected chi connectivity index (χ1v) is 8.90. The summed E-state index contributed by atoms with van der Waals surface area (Å²) in [5.74, 6) is 1.19. The molecule has 3 N–H and O–H groups in total. The van der Waals surface area contributed by atoms with Crippen LogP contribution in [0.4, 0.5) is 0 Å². The Morgan fingerprint density at radius 1 is 1.27 bits per heavy atom. The molecule has 0 unspecified atom stereocenters. The molecule has 1 saturated heterocycles. The quantitative estimate of drug-likeness (QED) is 0.745. The molecule has 1 aliphatic heterocycles. The Bertz CT molecular complexity index is 830. The molecule has 0 amide bonds. The van der Waals surface area contributed by atoms with Gasteiger partial charge in [-0.25, -0.2) is 4.79 Å². The summed E-state index contributed by atoms with van der Waals surface area (Å²) in [5.41, 5.74) is 0.798. The molecule has 2 heterocycles. The Kier molecular flexibility index (Phi) is 5.58. The number of nitrogens with one attached hydrogen (secondary N) is 2. The van der Waals surface area contributed by atoms with Gasteiger partial charge in [0.15, 0.2) is 0 Å². The number of ether oxygens (including phenoxy) is 1. The van der Waals surface area contributed by atoms with Crippen molar-refractivity contribution in [1.29, 1.82) is 0 Å².